The smallest absolute Gasteiger partial charge is 0.276 e. The maximum atomic E-state index is 12.6. The Hall–Kier alpha value is -1.83. The first-order chi connectivity index (χ1) is 10.1. The van der Waals surface area contributed by atoms with Gasteiger partial charge in [0.1, 0.15) is 6.04 Å². The van der Waals surface area contributed by atoms with Gasteiger partial charge in [-0.1, -0.05) is 19.0 Å². The zero-order valence-electron chi connectivity index (χ0n) is 12.2. The van der Waals surface area contributed by atoms with Gasteiger partial charge in [0, 0.05) is 12.5 Å². The normalized spacial score (nSPS) is 18.7. The third kappa shape index (κ3) is 2.55. The summed E-state index contributed by atoms with van der Waals surface area (Å²) in [5.74, 6) is 1.30. The van der Waals surface area contributed by atoms with E-state index in [0.29, 0.717) is 29.6 Å². The van der Waals surface area contributed by atoms with Gasteiger partial charge in [0.05, 0.1) is 17.4 Å². The van der Waals surface area contributed by atoms with Gasteiger partial charge in [-0.25, -0.2) is 0 Å². The molecular formula is C13H17N5O2S. The minimum atomic E-state index is -0.154. The van der Waals surface area contributed by atoms with E-state index in [2.05, 4.69) is 18.9 Å². The number of hydrogen-bond acceptors (Lipinski definition) is 7. The monoisotopic (exact) mass is 307 g/mol. The summed E-state index contributed by atoms with van der Waals surface area (Å²) in [5, 5.41) is 3.98. The van der Waals surface area contributed by atoms with Crippen LogP contribution in [0.3, 0.4) is 0 Å². The van der Waals surface area contributed by atoms with Gasteiger partial charge in [0.2, 0.25) is 5.89 Å². The van der Waals surface area contributed by atoms with Crippen molar-refractivity contribution in [2.24, 2.45) is 0 Å². The second kappa shape index (κ2) is 5.51. The molecule has 2 aromatic heterocycles. The van der Waals surface area contributed by atoms with E-state index < -0.39 is 0 Å². The molecule has 1 saturated heterocycles. The van der Waals surface area contributed by atoms with E-state index in [9.17, 15) is 4.79 Å². The van der Waals surface area contributed by atoms with Crippen LogP contribution in [0.15, 0.2) is 4.52 Å². The number of likely N-dealkylation sites (tertiary alicyclic amines) is 1. The van der Waals surface area contributed by atoms with Gasteiger partial charge in [0.25, 0.3) is 5.91 Å². The summed E-state index contributed by atoms with van der Waals surface area (Å²) < 4.78 is 13.5. The Morgan fingerprint density at radius 1 is 1.43 bits per heavy atom. The summed E-state index contributed by atoms with van der Waals surface area (Å²) in [6.07, 6.45) is 1.76. The maximum Gasteiger partial charge on any atom is 0.276 e. The molecule has 21 heavy (non-hydrogen) atoms. The zero-order valence-corrected chi connectivity index (χ0v) is 13.1. The molecule has 3 heterocycles. The van der Waals surface area contributed by atoms with Crippen LogP contribution in [0, 0.1) is 6.92 Å². The molecule has 8 heteroatoms. The fourth-order valence-corrected chi connectivity index (χ4v) is 2.99. The summed E-state index contributed by atoms with van der Waals surface area (Å²) in [4.78, 5) is 18.8. The Labute approximate surface area is 126 Å². The summed E-state index contributed by atoms with van der Waals surface area (Å²) in [6.45, 7) is 6.50. The average molecular weight is 307 g/mol. The minimum absolute atomic E-state index is 0.104. The molecule has 0 saturated carbocycles. The molecule has 1 aliphatic heterocycles. The highest BCUT2D eigenvalue weighted by Gasteiger charge is 2.36. The fourth-order valence-electron chi connectivity index (χ4n) is 2.45. The second-order valence-electron chi connectivity index (χ2n) is 5.50. The van der Waals surface area contributed by atoms with E-state index in [4.69, 9.17) is 4.52 Å². The molecule has 112 valence electrons. The van der Waals surface area contributed by atoms with Gasteiger partial charge >= 0.3 is 0 Å². The molecule has 0 N–H and O–H groups in total. The lowest BCUT2D eigenvalue weighted by Gasteiger charge is -2.20. The van der Waals surface area contributed by atoms with Crippen LogP contribution in [-0.2, 0) is 0 Å². The van der Waals surface area contributed by atoms with Crippen LogP contribution in [0.2, 0.25) is 0 Å². The van der Waals surface area contributed by atoms with Crippen LogP contribution in [-0.4, -0.2) is 36.2 Å². The summed E-state index contributed by atoms with van der Waals surface area (Å²) in [6, 6.07) is -0.154. The quantitative estimate of drug-likeness (QED) is 0.865. The number of aromatic nitrogens is 4. The molecular weight excluding hydrogens is 290 g/mol. The van der Waals surface area contributed by atoms with Crippen molar-refractivity contribution in [1.29, 1.82) is 0 Å². The molecule has 1 fully saturated rings. The highest BCUT2D eigenvalue weighted by molar-refractivity contribution is 6.99. The first kappa shape index (κ1) is 14.1. The number of rotatable bonds is 3. The predicted octanol–water partition coefficient (Wildman–Crippen LogP) is 2.33. The van der Waals surface area contributed by atoms with Gasteiger partial charge in [0.15, 0.2) is 11.5 Å². The molecule has 0 bridgehead atoms. The van der Waals surface area contributed by atoms with E-state index in [-0.39, 0.29) is 17.9 Å². The highest BCUT2D eigenvalue weighted by Crippen LogP contribution is 2.32. The van der Waals surface area contributed by atoms with Crippen LogP contribution in [0.25, 0.3) is 0 Å². The topological polar surface area (TPSA) is 85.0 Å². The number of hydrogen-bond donors (Lipinski definition) is 0. The van der Waals surface area contributed by atoms with Crippen molar-refractivity contribution in [1.82, 2.24) is 23.8 Å². The van der Waals surface area contributed by atoms with Crippen molar-refractivity contribution in [2.75, 3.05) is 6.54 Å². The van der Waals surface area contributed by atoms with E-state index in [1.165, 1.54) is 0 Å². The maximum absolute atomic E-state index is 12.6. The molecule has 1 amide bonds. The molecule has 0 unspecified atom stereocenters. The summed E-state index contributed by atoms with van der Waals surface area (Å²) >= 11 is 1.06. The molecule has 3 rings (SSSR count). The van der Waals surface area contributed by atoms with Crippen LogP contribution < -0.4 is 0 Å². The van der Waals surface area contributed by atoms with Crippen molar-refractivity contribution in [3.05, 3.63) is 23.1 Å². The standard InChI is InChI=1S/C13H17N5O2S/c1-7(2)11-14-12(20-15-11)9-5-4-6-18(9)13(19)10-8(3)16-21-17-10/h7,9H,4-6H2,1-3H3/t9-/m0/s1. The Morgan fingerprint density at radius 2 is 2.24 bits per heavy atom. The molecule has 7 nitrogen and oxygen atoms in total. The van der Waals surface area contributed by atoms with Gasteiger partial charge in [-0.15, -0.1) is 0 Å². The second-order valence-corrected chi connectivity index (χ2v) is 6.03. The van der Waals surface area contributed by atoms with E-state index in [1.807, 2.05) is 13.8 Å². The van der Waals surface area contributed by atoms with Gasteiger partial charge < -0.3 is 9.42 Å². The number of carbonyl (C=O) groups excluding carboxylic acids is 1. The minimum Gasteiger partial charge on any atom is -0.337 e. The third-order valence-corrected chi connectivity index (χ3v) is 4.25. The van der Waals surface area contributed by atoms with E-state index >= 15 is 0 Å². The zero-order chi connectivity index (χ0) is 15.0. The Bertz CT molecular complexity index is 651. The van der Waals surface area contributed by atoms with Gasteiger partial charge in [-0.3, -0.25) is 4.79 Å². The van der Waals surface area contributed by atoms with Crippen molar-refractivity contribution in [3.8, 4) is 0 Å². The molecule has 1 atom stereocenters. The lowest BCUT2D eigenvalue weighted by Crippen LogP contribution is -2.31. The lowest BCUT2D eigenvalue weighted by atomic mass is 10.2. The summed E-state index contributed by atoms with van der Waals surface area (Å²) in [5.41, 5.74) is 1.10. The third-order valence-electron chi connectivity index (χ3n) is 3.63. The Kier molecular flexibility index (Phi) is 3.71. The fraction of sp³-hybridized carbons (Fsp3) is 0.615. The largest absolute Gasteiger partial charge is 0.337 e. The number of carbonyl (C=O) groups is 1. The van der Waals surface area contributed by atoms with Gasteiger partial charge in [-0.05, 0) is 19.8 Å². The predicted molar refractivity (Wildman–Crippen MR) is 76.0 cm³/mol. The van der Waals surface area contributed by atoms with Crippen molar-refractivity contribution < 1.29 is 9.32 Å². The van der Waals surface area contributed by atoms with Gasteiger partial charge in [-0.2, -0.15) is 13.7 Å². The van der Waals surface area contributed by atoms with Crippen molar-refractivity contribution in [2.45, 2.75) is 45.6 Å². The van der Waals surface area contributed by atoms with Crippen molar-refractivity contribution >= 4 is 17.6 Å². The van der Waals surface area contributed by atoms with E-state index in [1.54, 1.807) is 11.8 Å². The van der Waals surface area contributed by atoms with Crippen LogP contribution in [0.1, 0.15) is 66.5 Å². The lowest BCUT2D eigenvalue weighted by molar-refractivity contribution is 0.0704. The SMILES string of the molecule is Cc1nsnc1C(=O)N1CCC[C@H]1c1nc(C(C)C)no1. The molecule has 1 aliphatic rings. The van der Waals surface area contributed by atoms with Crippen LogP contribution in [0.5, 0.6) is 0 Å². The van der Waals surface area contributed by atoms with E-state index in [0.717, 1.165) is 24.6 Å². The summed E-state index contributed by atoms with van der Waals surface area (Å²) in [7, 11) is 0. The number of nitrogens with zero attached hydrogens (tertiary/aromatic N) is 5. The van der Waals surface area contributed by atoms with Crippen LogP contribution >= 0.6 is 11.7 Å². The number of aryl methyl sites for hydroxylation is 1. The average Bonchev–Trinajstić information content (AvgIpc) is 3.17. The molecule has 0 aromatic carbocycles. The van der Waals surface area contributed by atoms with Crippen LogP contribution in [0.4, 0.5) is 0 Å². The Morgan fingerprint density at radius 3 is 2.86 bits per heavy atom. The Balaban J connectivity index is 1.85. The molecule has 0 aliphatic carbocycles. The molecule has 0 spiro atoms. The first-order valence-electron chi connectivity index (χ1n) is 7.01. The number of amides is 1. The molecule has 0 radical (unpaired) electrons. The molecule has 2 aromatic rings. The van der Waals surface area contributed by atoms with Crippen molar-refractivity contribution in [3.63, 3.8) is 0 Å². The highest BCUT2D eigenvalue weighted by atomic mass is 32.1. The first-order valence-corrected chi connectivity index (χ1v) is 7.74.